The fourth-order valence-electron chi connectivity index (χ4n) is 4.24. The van der Waals surface area contributed by atoms with Gasteiger partial charge in [-0.2, -0.15) is 0 Å². The van der Waals surface area contributed by atoms with Gasteiger partial charge in [0.15, 0.2) is 0 Å². The van der Waals surface area contributed by atoms with Crippen LogP contribution in [0.1, 0.15) is 67.1 Å². The summed E-state index contributed by atoms with van der Waals surface area (Å²) in [7, 11) is 0. The Bertz CT molecular complexity index is 919. The van der Waals surface area contributed by atoms with E-state index in [-0.39, 0.29) is 29.7 Å². The Kier molecular flexibility index (Phi) is 7.55. The second kappa shape index (κ2) is 10.3. The quantitative estimate of drug-likeness (QED) is 0.579. The van der Waals surface area contributed by atoms with Gasteiger partial charge >= 0.3 is 5.97 Å². The molecule has 1 aliphatic rings. The molecule has 3 N–H and O–H groups in total. The molecule has 2 aromatic carbocycles. The van der Waals surface area contributed by atoms with Gasteiger partial charge in [-0.1, -0.05) is 38.1 Å². The molecule has 1 amide bonds. The Labute approximate surface area is 183 Å². The van der Waals surface area contributed by atoms with Gasteiger partial charge in [-0.25, -0.2) is 4.79 Å². The van der Waals surface area contributed by atoms with Crippen LogP contribution in [0.4, 0.5) is 5.69 Å². The fourth-order valence-corrected chi connectivity index (χ4v) is 4.24. The average molecular weight is 425 g/mol. The van der Waals surface area contributed by atoms with Gasteiger partial charge in [-0.05, 0) is 60.9 Å². The predicted molar refractivity (Wildman–Crippen MR) is 122 cm³/mol. The van der Waals surface area contributed by atoms with Crippen molar-refractivity contribution in [3.63, 3.8) is 0 Å². The maximum atomic E-state index is 12.9. The second-order valence-corrected chi connectivity index (χ2v) is 8.69. The first-order chi connectivity index (χ1) is 14.8. The summed E-state index contributed by atoms with van der Waals surface area (Å²) < 4.78 is 0. The highest BCUT2D eigenvalue weighted by molar-refractivity contribution is 5.91. The summed E-state index contributed by atoms with van der Waals surface area (Å²) in [6, 6.07) is 12.5. The van der Waals surface area contributed by atoms with Gasteiger partial charge in [0.25, 0.3) is 0 Å². The third kappa shape index (κ3) is 6.00. The van der Waals surface area contributed by atoms with Gasteiger partial charge in [-0.15, -0.1) is 0 Å². The second-order valence-electron chi connectivity index (χ2n) is 8.69. The molecule has 1 aliphatic heterocycles. The van der Waals surface area contributed by atoms with Crippen LogP contribution < -0.4 is 10.2 Å². The summed E-state index contributed by atoms with van der Waals surface area (Å²) in [6.45, 7) is 6.36. The molecule has 1 saturated heterocycles. The van der Waals surface area contributed by atoms with Gasteiger partial charge in [0.2, 0.25) is 5.91 Å². The lowest BCUT2D eigenvalue weighted by Crippen LogP contribution is -2.34. The lowest BCUT2D eigenvalue weighted by Gasteiger charge is -2.33. The molecule has 0 unspecified atom stereocenters. The predicted octanol–water partition coefficient (Wildman–Crippen LogP) is 4.53. The summed E-state index contributed by atoms with van der Waals surface area (Å²) in [5.41, 5.74) is 2.73. The van der Waals surface area contributed by atoms with Crippen LogP contribution in [0.25, 0.3) is 0 Å². The van der Waals surface area contributed by atoms with Crippen LogP contribution in [0.3, 0.4) is 0 Å². The lowest BCUT2D eigenvalue weighted by molar-refractivity contribution is -0.121. The number of phenols is 1. The third-order valence-corrected chi connectivity index (χ3v) is 5.71. The monoisotopic (exact) mass is 424 g/mol. The Hall–Kier alpha value is -3.02. The number of hydrogen-bond acceptors (Lipinski definition) is 4. The highest BCUT2D eigenvalue weighted by atomic mass is 16.4. The van der Waals surface area contributed by atoms with E-state index in [4.69, 9.17) is 5.11 Å². The summed E-state index contributed by atoms with van der Waals surface area (Å²) in [6.07, 6.45) is 4.53. The van der Waals surface area contributed by atoms with Crippen LogP contribution >= 0.6 is 0 Å². The van der Waals surface area contributed by atoms with Crippen molar-refractivity contribution in [3.8, 4) is 5.75 Å². The number of aromatic hydroxyl groups is 1. The Morgan fingerprint density at radius 2 is 1.77 bits per heavy atom. The zero-order valence-electron chi connectivity index (χ0n) is 18.3. The molecule has 6 nitrogen and oxygen atoms in total. The minimum atomic E-state index is -1.19. The number of aromatic carboxylic acids is 1. The van der Waals surface area contributed by atoms with Crippen LogP contribution in [0, 0.1) is 5.92 Å². The van der Waals surface area contributed by atoms with E-state index >= 15 is 0 Å². The third-order valence-electron chi connectivity index (χ3n) is 5.71. The van der Waals surface area contributed by atoms with Crippen LogP contribution in [-0.4, -0.2) is 35.2 Å². The van der Waals surface area contributed by atoms with Crippen LogP contribution in [0.2, 0.25) is 0 Å². The first-order valence-electron chi connectivity index (χ1n) is 11.0. The number of anilines is 1. The number of benzene rings is 2. The fraction of sp³-hybridized carbons (Fsp3) is 0.440. The summed E-state index contributed by atoms with van der Waals surface area (Å²) in [5, 5.41) is 22.2. The molecule has 0 aliphatic carbocycles. The number of carbonyl (C=O) groups excluding carboxylic acids is 1. The van der Waals surface area contributed by atoms with Crippen LogP contribution in [0.15, 0.2) is 42.5 Å². The van der Waals surface area contributed by atoms with Gasteiger partial charge in [-0.3, -0.25) is 4.79 Å². The van der Waals surface area contributed by atoms with Crippen molar-refractivity contribution < 1.29 is 19.8 Å². The normalized spacial score (nSPS) is 15.0. The number of carboxylic acids is 1. The summed E-state index contributed by atoms with van der Waals surface area (Å²) in [4.78, 5) is 26.4. The van der Waals surface area contributed by atoms with E-state index in [2.05, 4.69) is 42.3 Å². The molecule has 2 aromatic rings. The maximum Gasteiger partial charge on any atom is 0.339 e. The first kappa shape index (κ1) is 22.7. The zero-order valence-corrected chi connectivity index (χ0v) is 18.3. The number of nitrogens with zero attached hydrogens (tertiary/aromatic N) is 1. The number of amides is 1. The molecule has 0 radical (unpaired) electrons. The Morgan fingerprint density at radius 3 is 2.42 bits per heavy atom. The van der Waals surface area contributed by atoms with E-state index in [0.717, 1.165) is 25.1 Å². The van der Waals surface area contributed by atoms with E-state index in [1.807, 2.05) is 6.07 Å². The first-order valence-corrected chi connectivity index (χ1v) is 11.0. The minimum absolute atomic E-state index is 0.0773. The molecular formula is C25H32N2O4. The largest absolute Gasteiger partial charge is 0.507 e. The molecule has 166 valence electrons. The standard InChI is InChI=1S/C25H32N2O4/c1-17(2)14-21(19-8-4-5-9-22(19)27-12-6-3-7-13-27)26-24(29)16-18-10-11-20(25(30)31)23(28)15-18/h4-5,8-11,15,17,21,28H,3,6-7,12-14,16H2,1-2H3,(H,26,29)(H,30,31)/t21-/m0/s1. The van der Waals surface area contributed by atoms with Crippen molar-refractivity contribution in [2.45, 2.75) is 52.0 Å². The van der Waals surface area contributed by atoms with Gasteiger partial charge in [0.05, 0.1) is 12.5 Å². The molecule has 1 fully saturated rings. The highest BCUT2D eigenvalue weighted by Crippen LogP contribution is 2.32. The van der Waals surface area contributed by atoms with Crippen LogP contribution in [-0.2, 0) is 11.2 Å². The number of nitrogens with one attached hydrogen (secondary N) is 1. The van der Waals surface area contributed by atoms with E-state index in [1.54, 1.807) is 6.07 Å². The number of piperidine rings is 1. The van der Waals surface area contributed by atoms with Crippen molar-refractivity contribution in [2.75, 3.05) is 18.0 Å². The molecule has 0 saturated carbocycles. The van der Waals surface area contributed by atoms with Crippen molar-refractivity contribution in [1.82, 2.24) is 5.32 Å². The average Bonchev–Trinajstić information content (AvgIpc) is 2.73. The molecule has 3 rings (SSSR count). The topological polar surface area (TPSA) is 89.9 Å². The van der Waals surface area contributed by atoms with Crippen molar-refractivity contribution in [1.29, 1.82) is 0 Å². The van der Waals surface area contributed by atoms with Gasteiger partial charge < -0.3 is 20.4 Å². The van der Waals surface area contributed by atoms with Crippen molar-refractivity contribution in [3.05, 3.63) is 59.2 Å². The molecule has 0 bridgehead atoms. The number of rotatable bonds is 8. The van der Waals surface area contributed by atoms with Gasteiger partial charge in [0, 0.05) is 18.8 Å². The number of hydrogen-bond donors (Lipinski definition) is 3. The molecule has 0 aromatic heterocycles. The molecule has 0 spiro atoms. The molecule has 1 atom stereocenters. The van der Waals surface area contributed by atoms with E-state index in [0.29, 0.717) is 11.5 Å². The van der Waals surface area contributed by atoms with E-state index < -0.39 is 5.97 Å². The number of carbonyl (C=O) groups is 2. The Morgan fingerprint density at radius 1 is 1.06 bits per heavy atom. The molecule has 6 heteroatoms. The zero-order chi connectivity index (χ0) is 22.4. The minimum Gasteiger partial charge on any atom is -0.507 e. The number of carboxylic acid groups (broad SMARTS) is 1. The highest BCUT2D eigenvalue weighted by Gasteiger charge is 2.23. The van der Waals surface area contributed by atoms with Gasteiger partial charge in [0.1, 0.15) is 11.3 Å². The molecular weight excluding hydrogens is 392 g/mol. The smallest absolute Gasteiger partial charge is 0.339 e. The van der Waals surface area contributed by atoms with Crippen molar-refractivity contribution >= 4 is 17.6 Å². The summed E-state index contributed by atoms with van der Waals surface area (Å²) in [5.74, 6) is -1.27. The summed E-state index contributed by atoms with van der Waals surface area (Å²) >= 11 is 0. The Balaban J connectivity index is 1.78. The maximum absolute atomic E-state index is 12.9. The number of para-hydroxylation sites is 1. The lowest BCUT2D eigenvalue weighted by atomic mass is 9.94. The van der Waals surface area contributed by atoms with Crippen molar-refractivity contribution in [2.24, 2.45) is 5.92 Å². The molecule has 31 heavy (non-hydrogen) atoms. The van der Waals surface area contributed by atoms with Crippen LogP contribution in [0.5, 0.6) is 5.75 Å². The molecule has 1 heterocycles. The van der Waals surface area contributed by atoms with E-state index in [1.165, 1.54) is 37.1 Å². The van der Waals surface area contributed by atoms with E-state index in [9.17, 15) is 14.7 Å². The SMILES string of the molecule is CC(C)C[C@H](NC(=O)Cc1ccc(C(=O)O)c(O)c1)c1ccccc1N1CCCCC1.